The van der Waals surface area contributed by atoms with E-state index in [2.05, 4.69) is 4.90 Å². The zero-order chi connectivity index (χ0) is 18.7. The Balaban J connectivity index is 1.62. The van der Waals surface area contributed by atoms with Gasteiger partial charge in [-0.15, -0.1) is 0 Å². The van der Waals surface area contributed by atoms with Crippen LogP contribution >= 0.6 is 11.6 Å². The van der Waals surface area contributed by atoms with Crippen LogP contribution in [-0.4, -0.2) is 49.6 Å². The fourth-order valence-electron chi connectivity index (χ4n) is 2.99. The number of benzene rings is 2. The second kappa shape index (κ2) is 7.88. The Kier molecular flexibility index (Phi) is 5.77. The maximum Gasteiger partial charge on any atom is 0.243 e. The molecule has 0 N–H and O–H groups in total. The van der Waals surface area contributed by atoms with Gasteiger partial charge in [-0.3, -0.25) is 9.69 Å². The van der Waals surface area contributed by atoms with Crippen molar-refractivity contribution in [2.75, 3.05) is 26.2 Å². The molecular weight excluding hydrogens is 372 g/mol. The van der Waals surface area contributed by atoms with Crippen LogP contribution < -0.4 is 0 Å². The molecule has 1 heterocycles. The molecule has 0 radical (unpaired) electrons. The molecule has 2 aromatic rings. The number of nitrogens with zero attached hydrogens (tertiary/aromatic N) is 2. The number of hydrogen-bond donors (Lipinski definition) is 0. The van der Waals surface area contributed by atoms with E-state index in [1.807, 2.05) is 24.3 Å². The molecule has 0 bridgehead atoms. The second-order valence-corrected chi connectivity index (χ2v) is 8.76. The summed E-state index contributed by atoms with van der Waals surface area (Å²) in [6.07, 6.45) is 0. The minimum absolute atomic E-state index is 0.0789. The number of carbonyl (C=O) groups is 1. The number of sulfonamides is 1. The summed E-state index contributed by atoms with van der Waals surface area (Å²) in [5.74, 6) is -0.0789. The quantitative estimate of drug-likeness (QED) is 0.734. The van der Waals surface area contributed by atoms with Crippen molar-refractivity contribution in [3.63, 3.8) is 0 Å². The van der Waals surface area contributed by atoms with E-state index in [4.69, 9.17) is 11.6 Å². The van der Waals surface area contributed by atoms with Gasteiger partial charge in [0.25, 0.3) is 0 Å². The first-order valence-electron chi connectivity index (χ1n) is 8.44. The van der Waals surface area contributed by atoms with E-state index in [0.717, 1.165) is 12.1 Å². The molecule has 138 valence electrons. The van der Waals surface area contributed by atoms with Gasteiger partial charge in [0.15, 0.2) is 5.78 Å². The Morgan fingerprint density at radius 3 is 2.08 bits per heavy atom. The van der Waals surface area contributed by atoms with Crippen LogP contribution in [0.1, 0.15) is 22.8 Å². The third-order valence-corrected chi connectivity index (χ3v) is 6.71. The van der Waals surface area contributed by atoms with Crippen molar-refractivity contribution in [3.05, 3.63) is 64.7 Å². The summed E-state index contributed by atoms with van der Waals surface area (Å²) in [5.41, 5.74) is 1.67. The number of hydrogen-bond acceptors (Lipinski definition) is 4. The van der Waals surface area contributed by atoms with Crippen LogP contribution in [0.25, 0.3) is 0 Å². The van der Waals surface area contributed by atoms with Gasteiger partial charge >= 0.3 is 0 Å². The maximum atomic E-state index is 12.8. The Morgan fingerprint density at radius 2 is 1.54 bits per heavy atom. The molecule has 7 heteroatoms. The van der Waals surface area contributed by atoms with Gasteiger partial charge in [-0.25, -0.2) is 8.42 Å². The van der Waals surface area contributed by atoms with E-state index in [9.17, 15) is 13.2 Å². The average molecular weight is 393 g/mol. The molecule has 5 nitrogen and oxygen atoms in total. The summed E-state index contributed by atoms with van der Waals surface area (Å²) >= 11 is 5.90. The van der Waals surface area contributed by atoms with Crippen molar-refractivity contribution in [3.8, 4) is 0 Å². The van der Waals surface area contributed by atoms with Crippen molar-refractivity contribution in [2.45, 2.75) is 18.4 Å². The first kappa shape index (κ1) is 19.0. The van der Waals surface area contributed by atoms with E-state index in [0.29, 0.717) is 36.8 Å². The molecular formula is C19H21ClN2O3S. The van der Waals surface area contributed by atoms with Crippen LogP contribution in [0.4, 0.5) is 0 Å². The van der Waals surface area contributed by atoms with Crippen LogP contribution in [0.3, 0.4) is 0 Å². The van der Waals surface area contributed by atoms with Gasteiger partial charge in [-0.2, -0.15) is 4.31 Å². The maximum absolute atomic E-state index is 12.8. The summed E-state index contributed by atoms with van der Waals surface area (Å²) in [5, 5.41) is 0.709. The summed E-state index contributed by atoms with van der Waals surface area (Å²) in [6, 6.07) is 13.8. The van der Waals surface area contributed by atoms with Gasteiger partial charge in [0, 0.05) is 43.3 Å². The third-order valence-electron chi connectivity index (χ3n) is 4.55. The predicted molar refractivity (Wildman–Crippen MR) is 102 cm³/mol. The molecule has 0 spiro atoms. The number of carbonyl (C=O) groups excluding carboxylic acids is 1. The third kappa shape index (κ3) is 4.32. The van der Waals surface area contributed by atoms with Gasteiger partial charge in [0.05, 0.1) is 4.90 Å². The van der Waals surface area contributed by atoms with Crippen LogP contribution in [0.15, 0.2) is 53.4 Å². The van der Waals surface area contributed by atoms with Gasteiger partial charge in [0.1, 0.15) is 0 Å². The molecule has 0 unspecified atom stereocenters. The Bertz CT molecular complexity index is 872. The lowest BCUT2D eigenvalue weighted by Gasteiger charge is -2.34. The predicted octanol–water partition coefficient (Wildman–Crippen LogP) is 3.05. The molecule has 3 rings (SSSR count). The molecule has 2 aromatic carbocycles. The zero-order valence-electron chi connectivity index (χ0n) is 14.6. The number of ketones is 1. The van der Waals surface area contributed by atoms with Crippen LogP contribution in [0, 0.1) is 0 Å². The monoisotopic (exact) mass is 392 g/mol. The highest BCUT2D eigenvalue weighted by atomic mass is 35.5. The van der Waals surface area contributed by atoms with Crippen molar-refractivity contribution in [1.82, 2.24) is 9.21 Å². The topological polar surface area (TPSA) is 57.7 Å². The minimum atomic E-state index is -3.53. The molecule has 1 aliphatic rings. The zero-order valence-corrected chi connectivity index (χ0v) is 16.1. The normalized spacial score (nSPS) is 16.5. The van der Waals surface area contributed by atoms with E-state index in [1.165, 1.54) is 23.4 Å². The van der Waals surface area contributed by atoms with Gasteiger partial charge < -0.3 is 0 Å². The average Bonchev–Trinajstić information content (AvgIpc) is 2.64. The number of halogens is 1. The van der Waals surface area contributed by atoms with E-state index >= 15 is 0 Å². The Morgan fingerprint density at radius 1 is 0.962 bits per heavy atom. The van der Waals surface area contributed by atoms with Crippen molar-refractivity contribution >= 4 is 27.4 Å². The van der Waals surface area contributed by atoms with Crippen LogP contribution in [-0.2, 0) is 16.6 Å². The Hall–Kier alpha value is -1.73. The molecule has 0 atom stereocenters. The summed E-state index contributed by atoms with van der Waals surface area (Å²) in [6.45, 7) is 4.48. The standard InChI is InChI=1S/C19H21ClN2O3S/c1-15(23)17-4-8-19(9-5-17)26(24,25)22-12-10-21(11-13-22)14-16-2-6-18(20)7-3-16/h2-9H,10-14H2,1H3. The first-order valence-corrected chi connectivity index (χ1v) is 10.3. The summed E-state index contributed by atoms with van der Waals surface area (Å²) in [7, 11) is -3.53. The lowest BCUT2D eigenvalue weighted by atomic mass is 10.2. The van der Waals surface area contributed by atoms with Crippen molar-refractivity contribution < 1.29 is 13.2 Å². The minimum Gasteiger partial charge on any atom is -0.296 e. The number of Topliss-reactive ketones (excluding diaryl/α,β-unsaturated/α-hetero) is 1. The fraction of sp³-hybridized carbons (Fsp3) is 0.316. The molecule has 1 fully saturated rings. The van der Waals surface area contributed by atoms with Crippen molar-refractivity contribution in [2.24, 2.45) is 0 Å². The second-order valence-electron chi connectivity index (χ2n) is 6.39. The van der Waals surface area contributed by atoms with Crippen LogP contribution in [0.2, 0.25) is 5.02 Å². The number of piperazine rings is 1. The molecule has 0 aliphatic carbocycles. The summed E-state index contributed by atoms with van der Waals surface area (Å²) < 4.78 is 27.1. The van der Waals surface area contributed by atoms with Gasteiger partial charge in [-0.1, -0.05) is 35.9 Å². The molecule has 26 heavy (non-hydrogen) atoms. The Labute approximate surface area is 159 Å². The summed E-state index contributed by atoms with van der Waals surface area (Å²) in [4.78, 5) is 13.8. The highest BCUT2D eigenvalue weighted by Crippen LogP contribution is 2.19. The highest BCUT2D eigenvalue weighted by molar-refractivity contribution is 7.89. The van der Waals surface area contributed by atoms with Gasteiger partial charge in [-0.05, 0) is 36.8 Å². The molecule has 0 aromatic heterocycles. The SMILES string of the molecule is CC(=O)c1ccc(S(=O)(=O)N2CCN(Cc3ccc(Cl)cc3)CC2)cc1. The smallest absolute Gasteiger partial charge is 0.243 e. The lowest BCUT2D eigenvalue weighted by Crippen LogP contribution is -2.48. The molecule has 1 aliphatic heterocycles. The highest BCUT2D eigenvalue weighted by Gasteiger charge is 2.28. The van der Waals surface area contributed by atoms with E-state index in [-0.39, 0.29) is 10.7 Å². The molecule has 0 saturated carbocycles. The van der Waals surface area contributed by atoms with E-state index < -0.39 is 10.0 Å². The largest absolute Gasteiger partial charge is 0.296 e. The molecule has 0 amide bonds. The molecule has 1 saturated heterocycles. The van der Waals surface area contributed by atoms with Gasteiger partial charge in [0.2, 0.25) is 10.0 Å². The number of rotatable bonds is 5. The first-order chi connectivity index (χ1) is 12.4. The van der Waals surface area contributed by atoms with Crippen LogP contribution in [0.5, 0.6) is 0 Å². The lowest BCUT2D eigenvalue weighted by molar-refractivity contribution is 0.101. The van der Waals surface area contributed by atoms with Crippen molar-refractivity contribution in [1.29, 1.82) is 0 Å². The van der Waals surface area contributed by atoms with E-state index in [1.54, 1.807) is 12.1 Å². The fourth-order valence-corrected chi connectivity index (χ4v) is 4.53.